The van der Waals surface area contributed by atoms with E-state index >= 15 is 0 Å². The third kappa shape index (κ3) is 9.86. The molecule has 0 bridgehead atoms. The Kier molecular flexibility index (Phi) is 12.4. The fraction of sp³-hybridized carbons (Fsp3) is 0.244. The maximum atomic E-state index is 6.74. The van der Waals surface area contributed by atoms with Gasteiger partial charge in [0.15, 0.2) is 12.2 Å². The van der Waals surface area contributed by atoms with Gasteiger partial charge in [-0.15, -0.1) is 0 Å². The second-order valence-corrected chi connectivity index (χ2v) is 11.6. The van der Waals surface area contributed by atoms with Gasteiger partial charge in [0, 0.05) is 0 Å². The van der Waals surface area contributed by atoms with E-state index in [1.165, 1.54) is 0 Å². The molecule has 0 amide bonds. The maximum absolute atomic E-state index is 6.74. The van der Waals surface area contributed by atoms with Crippen LogP contribution in [0.25, 0.3) is 0 Å². The summed E-state index contributed by atoms with van der Waals surface area (Å²) in [6, 6.07) is 50.1. The van der Waals surface area contributed by atoms with Gasteiger partial charge < -0.3 is 28.5 Å². The van der Waals surface area contributed by atoms with E-state index in [1.54, 1.807) is 0 Å². The number of rotatable bonds is 16. The van der Waals surface area contributed by atoms with Crippen molar-refractivity contribution < 1.29 is 28.5 Å². The molecule has 1 fully saturated rings. The average Bonchev–Trinajstić information content (AvgIpc) is 3.15. The fourth-order valence-corrected chi connectivity index (χ4v) is 5.47. The van der Waals surface area contributed by atoms with E-state index in [4.69, 9.17) is 28.5 Å². The van der Waals surface area contributed by atoms with E-state index in [-0.39, 0.29) is 19.1 Å². The Bertz CT molecular complexity index is 1640. The van der Waals surface area contributed by atoms with Crippen LogP contribution in [0, 0.1) is 0 Å². The van der Waals surface area contributed by atoms with Crippen molar-refractivity contribution >= 4 is 5.90 Å². The molecular weight excluding hydrogens is 602 g/mol. The zero-order valence-electron chi connectivity index (χ0n) is 26.9. The van der Waals surface area contributed by atoms with Crippen LogP contribution in [0.3, 0.4) is 0 Å². The van der Waals surface area contributed by atoms with Crippen molar-refractivity contribution in [3.8, 4) is 0 Å². The molecule has 1 saturated heterocycles. The van der Waals surface area contributed by atoms with Crippen LogP contribution in [0.15, 0.2) is 157 Å². The van der Waals surface area contributed by atoms with E-state index < -0.39 is 24.4 Å². The SMILES string of the molecule is c1ccc(COC[C@@H]2O/C(=N\OCc3ccccc3)[C@H](OCc3ccccc3)[C@@H](OCc3ccccc3)[C@@H]2OCc2ccccc2)cc1. The molecule has 6 rings (SSSR count). The Morgan fingerprint density at radius 2 is 0.833 bits per heavy atom. The van der Waals surface area contributed by atoms with Gasteiger partial charge in [0.25, 0.3) is 5.90 Å². The Labute approximate surface area is 282 Å². The zero-order valence-corrected chi connectivity index (χ0v) is 26.9. The van der Waals surface area contributed by atoms with Crippen LogP contribution < -0.4 is 0 Å². The van der Waals surface area contributed by atoms with Crippen molar-refractivity contribution in [2.45, 2.75) is 57.5 Å². The summed E-state index contributed by atoms with van der Waals surface area (Å²) in [5, 5.41) is 4.52. The summed E-state index contributed by atoms with van der Waals surface area (Å²) in [7, 11) is 0. The first-order chi connectivity index (χ1) is 23.8. The van der Waals surface area contributed by atoms with Crippen molar-refractivity contribution in [1.29, 1.82) is 0 Å². The molecule has 1 aliphatic heterocycles. The van der Waals surface area contributed by atoms with Crippen LogP contribution >= 0.6 is 0 Å². The summed E-state index contributed by atoms with van der Waals surface area (Å²) in [5.74, 6) is 0.285. The zero-order chi connectivity index (χ0) is 32.6. The van der Waals surface area contributed by atoms with E-state index in [1.807, 2.05) is 152 Å². The first-order valence-corrected chi connectivity index (χ1v) is 16.3. The van der Waals surface area contributed by atoms with Crippen molar-refractivity contribution in [3.63, 3.8) is 0 Å². The lowest BCUT2D eigenvalue weighted by Crippen LogP contribution is -2.59. The molecule has 1 aliphatic rings. The summed E-state index contributed by atoms with van der Waals surface area (Å²) in [6.45, 7) is 1.96. The summed E-state index contributed by atoms with van der Waals surface area (Å²) in [6.07, 6.45) is -2.45. The number of oxime groups is 1. The lowest BCUT2D eigenvalue weighted by molar-refractivity contribution is -0.198. The highest BCUT2D eigenvalue weighted by Gasteiger charge is 2.48. The van der Waals surface area contributed by atoms with E-state index in [2.05, 4.69) is 5.16 Å². The number of nitrogens with zero attached hydrogens (tertiary/aromatic N) is 1. The quantitative estimate of drug-likeness (QED) is 0.102. The molecule has 1 heterocycles. The van der Waals surface area contributed by atoms with Crippen LogP contribution in [-0.2, 0) is 61.6 Å². The van der Waals surface area contributed by atoms with Gasteiger partial charge in [-0.2, -0.15) is 0 Å². The molecule has 0 radical (unpaired) electrons. The van der Waals surface area contributed by atoms with Gasteiger partial charge in [-0.1, -0.05) is 152 Å². The summed E-state index contributed by atoms with van der Waals surface area (Å²) < 4.78 is 32.9. The van der Waals surface area contributed by atoms with Gasteiger partial charge in [-0.3, -0.25) is 0 Å². The van der Waals surface area contributed by atoms with Crippen molar-refractivity contribution in [2.75, 3.05) is 6.61 Å². The van der Waals surface area contributed by atoms with E-state index in [0.29, 0.717) is 26.4 Å². The minimum atomic E-state index is -0.726. The number of ether oxygens (including phenoxy) is 5. The highest BCUT2D eigenvalue weighted by molar-refractivity contribution is 5.82. The second kappa shape index (κ2) is 17.9. The molecule has 0 N–H and O–H groups in total. The molecule has 4 atom stereocenters. The van der Waals surface area contributed by atoms with Gasteiger partial charge >= 0.3 is 0 Å². The molecule has 246 valence electrons. The number of benzene rings is 5. The predicted molar refractivity (Wildman–Crippen MR) is 185 cm³/mol. The smallest absolute Gasteiger partial charge is 0.258 e. The molecule has 0 aromatic heterocycles. The van der Waals surface area contributed by atoms with Crippen molar-refractivity contribution in [1.82, 2.24) is 0 Å². The number of hydrogen-bond donors (Lipinski definition) is 0. The highest BCUT2D eigenvalue weighted by atomic mass is 16.7. The van der Waals surface area contributed by atoms with Crippen LogP contribution in [0.5, 0.6) is 0 Å². The van der Waals surface area contributed by atoms with E-state index in [0.717, 1.165) is 27.8 Å². The fourth-order valence-electron chi connectivity index (χ4n) is 5.47. The third-order valence-electron chi connectivity index (χ3n) is 7.97. The Hall–Kier alpha value is -4.79. The molecule has 0 saturated carbocycles. The third-order valence-corrected chi connectivity index (χ3v) is 7.97. The van der Waals surface area contributed by atoms with Crippen LogP contribution in [0.1, 0.15) is 27.8 Å². The molecule has 0 aliphatic carbocycles. The van der Waals surface area contributed by atoms with Crippen LogP contribution in [0.2, 0.25) is 0 Å². The molecule has 7 heteroatoms. The van der Waals surface area contributed by atoms with E-state index in [9.17, 15) is 0 Å². The monoisotopic (exact) mass is 643 g/mol. The molecule has 48 heavy (non-hydrogen) atoms. The molecule has 0 spiro atoms. The lowest BCUT2D eigenvalue weighted by Gasteiger charge is -2.42. The minimum Gasteiger partial charge on any atom is -0.468 e. The molecule has 0 unspecified atom stereocenters. The first kappa shape index (κ1) is 33.1. The molecular formula is C41H41NO6. The Balaban J connectivity index is 1.30. The number of hydrogen-bond acceptors (Lipinski definition) is 7. The standard InChI is InChI=1S/C41H41NO6/c1-6-16-32(17-7-1)26-43-31-37-38(44-27-33-18-8-2-9-19-33)39(45-28-34-20-10-3-11-21-34)40(46-29-35-22-12-4-13-23-35)41(48-37)42-47-30-36-24-14-5-15-25-36/h1-25,37-40H,26-31H2/b42-41-/t37-,38+,39-,40+/m0/s1. The van der Waals surface area contributed by atoms with Gasteiger partial charge in [-0.05, 0) is 33.0 Å². The van der Waals surface area contributed by atoms with Gasteiger partial charge in [-0.25, -0.2) is 0 Å². The summed E-state index contributed by atoms with van der Waals surface area (Å²) in [5.41, 5.74) is 5.14. The molecule has 5 aromatic carbocycles. The average molecular weight is 644 g/mol. The van der Waals surface area contributed by atoms with Gasteiger partial charge in [0.2, 0.25) is 0 Å². The highest BCUT2D eigenvalue weighted by Crippen LogP contribution is 2.29. The predicted octanol–water partition coefficient (Wildman–Crippen LogP) is 7.89. The van der Waals surface area contributed by atoms with Crippen molar-refractivity contribution in [2.24, 2.45) is 5.16 Å². The largest absolute Gasteiger partial charge is 0.468 e. The van der Waals surface area contributed by atoms with Gasteiger partial charge in [0.1, 0.15) is 18.8 Å². The van der Waals surface area contributed by atoms with Crippen LogP contribution in [0.4, 0.5) is 0 Å². The Morgan fingerprint density at radius 3 is 1.31 bits per heavy atom. The Morgan fingerprint density at radius 1 is 0.438 bits per heavy atom. The first-order valence-electron chi connectivity index (χ1n) is 16.3. The minimum absolute atomic E-state index is 0.239. The van der Waals surface area contributed by atoms with Crippen LogP contribution in [-0.4, -0.2) is 36.9 Å². The molecule has 5 aromatic rings. The normalized spacial score (nSPS) is 19.9. The summed E-state index contributed by atoms with van der Waals surface area (Å²) >= 11 is 0. The topological polar surface area (TPSA) is 67.7 Å². The second-order valence-electron chi connectivity index (χ2n) is 11.6. The summed E-state index contributed by atoms with van der Waals surface area (Å²) in [4.78, 5) is 5.89. The van der Waals surface area contributed by atoms with Gasteiger partial charge in [0.05, 0.1) is 33.0 Å². The lowest BCUT2D eigenvalue weighted by atomic mass is 9.98. The van der Waals surface area contributed by atoms with Crippen molar-refractivity contribution in [3.05, 3.63) is 179 Å². The molecule has 7 nitrogen and oxygen atoms in total. The maximum Gasteiger partial charge on any atom is 0.258 e.